The van der Waals surface area contributed by atoms with Gasteiger partial charge in [0.1, 0.15) is 29.4 Å². The highest BCUT2D eigenvalue weighted by Crippen LogP contribution is 2.23. The monoisotopic (exact) mass is 560 g/mol. The summed E-state index contributed by atoms with van der Waals surface area (Å²) >= 11 is 0. The second-order valence-electron chi connectivity index (χ2n) is 11.3. The van der Waals surface area contributed by atoms with Crippen LogP contribution in [0.2, 0.25) is 0 Å². The van der Waals surface area contributed by atoms with Crippen LogP contribution < -0.4 is 16.0 Å². The van der Waals surface area contributed by atoms with Crippen molar-refractivity contribution in [3.8, 4) is 5.75 Å². The van der Waals surface area contributed by atoms with Crippen LogP contribution in [0.25, 0.3) is 0 Å². The first-order valence-electron chi connectivity index (χ1n) is 14.3. The summed E-state index contributed by atoms with van der Waals surface area (Å²) in [6.45, 7) is 5.26. The van der Waals surface area contributed by atoms with E-state index in [1.54, 1.807) is 26.0 Å². The van der Waals surface area contributed by atoms with Crippen LogP contribution in [0.3, 0.4) is 0 Å². The highest BCUT2D eigenvalue weighted by Gasteiger charge is 2.43. The van der Waals surface area contributed by atoms with E-state index in [0.717, 1.165) is 5.56 Å². The van der Waals surface area contributed by atoms with Crippen LogP contribution in [0.1, 0.15) is 77.7 Å². The number of nitrogens with one attached hydrogen (secondary N) is 3. The summed E-state index contributed by atoms with van der Waals surface area (Å²) in [5.74, 6) is -1.64. The summed E-state index contributed by atoms with van der Waals surface area (Å²) in [6.07, 6.45) is 2.55. The molecule has 11 nitrogen and oxygen atoms in total. The van der Waals surface area contributed by atoms with Gasteiger partial charge in [-0.1, -0.05) is 38.3 Å². The fraction of sp³-hybridized carbons (Fsp3) is 0.655. The molecule has 0 aromatic heterocycles. The van der Waals surface area contributed by atoms with E-state index in [1.807, 2.05) is 0 Å². The van der Waals surface area contributed by atoms with E-state index in [0.29, 0.717) is 51.5 Å². The van der Waals surface area contributed by atoms with Crippen LogP contribution in [-0.2, 0) is 25.6 Å². The van der Waals surface area contributed by atoms with Crippen molar-refractivity contribution in [1.82, 2.24) is 20.9 Å². The third kappa shape index (κ3) is 7.94. The predicted molar refractivity (Wildman–Crippen MR) is 148 cm³/mol. The molecule has 2 heterocycles. The Bertz CT molecular complexity index is 1050. The number of hydrogen-bond donors (Lipinski definition) is 6. The van der Waals surface area contributed by atoms with Gasteiger partial charge in [0.25, 0.3) is 0 Å². The zero-order valence-electron chi connectivity index (χ0n) is 23.7. The molecular formula is C29H44N4O7. The summed E-state index contributed by atoms with van der Waals surface area (Å²) < 4.78 is 0. The van der Waals surface area contributed by atoms with Crippen molar-refractivity contribution in [2.24, 2.45) is 0 Å². The van der Waals surface area contributed by atoms with Gasteiger partial charge in [0, 0.05) is 13.0 Å². The lowest BCUT2D eigenvalue weighted by Gasteiger charge is -2.36. The summed E-state index contributed by atoms with van der Waals surface area (Å²) in [5.41, 5.74) is -0.592. The maximum atomic E-state index is 13.8. The molecule has 1 unspecified atom stereocenters. The van der Waals surface area contributed by atoms with Gasteiger partial charge in [-0.25, -0.2) is 0 Å². The number of carbonyl (C=O) groups excluding carboxylic acids is 4. The molecule has 40 heavy (non-hydrogen) atoms. The molecule has 2 saturated heterocycles. The van der Waals surface area contributed by atoms with E-state index >= 15 is 0 Å². The molecule has 0 spiro atoms. The SMILES string of the molecule is CC[C@]1(C)NC(=O)[C@H](CCCCCC(O)[C@@H](C)O)NC(=O)[C@H]2CCCN2C(=O)[C@H](Cc2ccc(O)cc2)NC1=O. The van der Waals surface area contributed by atoms with Crippen molar-refractivity contribution in [1.29, 1.82) is 0 Å². The van der Waals surface area contributed by atoms with Crippen molar-refractivity contribution in [2.75, 3.05) is 6.54 Å². The minimum atomic E-state index is -1.32. The third-order valence-corrected chi connectivity index (χ3v) is 8.11. The highest BCUT2D eigenvalue weighted by atomic mass is 16.3. The molecule has 1 aromatic carbocycles. The molecule has 11 heteroatoms. The predicted octanol–water partition coefficient (Wildman–Crippen LogP) is 0.886. The summed E-state index contributed by atoms with van der Waals surface area (Å²) in [6, 6.07) is 3.77. The van der Waals surface area contributed by atoms with Crippen molar-refractivity contribution in [2.45, 2.75) is 114 Å². The first-order chi connectivity index (χ1) is 18.9. The minimum Gasteiger partial charge on any atom is -0.508 e. The Kier molecular flexibility index (Phi) is 10.9. The Morgan fingerprint density at radius 3 is 2.35 bits per heavy atom. The summed E-state index contributed by atoms with van der Waals surface area (Å²) in [7, 11) is 0. The van der Waals surface area contributed by atoms with E-state index in [4.69, 9.17) is 0 Å². The lowest BCUT2D eigenvalue weighted by Crippen LogP contribution is -2.65. The van der Waals surface area contributed by atoms with Crippen molar-refractivity contribution >= 4 is 23.6 Å². The number of hydrogen-bond acceptors (Lipinski definition) is 7. The van der Waals surface area contributed by atoms with Gasteiger partial charge in [-0.05, 0) is 63.6 Å². The highest BCUT2D eigenvalue weighted by molar-refractivity contribution is 5.99. The number of carbonyl (C=O) groups is 4. The fourth-order valence-electron chi connectivity index (χ4n) is 5.21. The number of fused-ring (bicyclic) bond motifs is 1. The molecule has 0 bridgehead atoms. The number of unbranched alkanes of at least 4 members (excludes halogenated alkanes) is 2. The maximum absolute atomic E-state index is 13.8. The molecule has 222 valence electrons. The molecule has 3 rings (SSSR count). The van der Waals surface area contributed by atoms with Gasteiger partial charge >= 0.3 is 0 Å². The molecule has 6 atom stereocenters. The van der Waals surface area contributed by atoms with Gasteiger partial charge < -0.3 is 36.2 Å². The summed E-state index contributed by atoms with van der Waals surface area (Å²) in [5, 5.41) is 37.4. The van der Waals surface area contributed by atoms with Gasteiger partial charge in [0.15, 0.2) is 0 Å². The van der Waals surface area contributed by atoms with Gasteiger partial charge in [-0.15, -0.1) is 0 Å². The molecule has 4 amide bonds. The van der Waals surface area contributed by atoms with Crippen molar-refractivity contribution in [3.05, 3.63) is 29.8 Å². The minimum absolute atomic E-state index is 0.0854. The van der Waals surface area contributed by atoms with Crippen molar-refractivity contribution < 1.29 is 34.5 Å². The molecule has 0 radical (unpaired) electrons. The molecule has 2 fully saturated rings. The Balaban J connectivity index is 1.82. The zero-order valence-corrected chi connectivity index (χ0v) is 23.7. The number of phenols is 1. The van der Waals surface area contributed by atoms with Crippen molar-refractivity contribution in [3.63, 3.8) is 0 Å². The number of nitrogens with zero attached hydrogens (tertiary/aromatic N) is 1. The molecule has 1 aromatic rings. The van der Waals surface area contributed by atoms with Crippen LogP contribution in [0.4, 0.5) is 0 Å². The molecule has 2 aliphatic heterocycles. The Hall–Kier alpha value is -3.18. The zero-order chi connectivity index (χ0) is 29.4. The first-order valence-corrected chi connectivity index (χ1v) is 14.3. The largest absolute Gasteiger partial charge is 0.508 e. The Morgan fingerprint density at radius 2 is 1.70 bits per heavy atom. The molecule has 2 aliphatic rings. The van der Waals surface area contributed by atoms with Crippen LogP contribution in [-0.4, -0.2) is 86.3 Å². The van der Waals surface area contributed by atoms with E-state index in [9.17, 15) is 34.5 Å². The van der Waals surface area contributed by atoms with Gasteiger partial charge in [0.2, 0.25) is 23.6 Å². The lowest BCUT2D eigenvalue weighted by atomic mass is 9.94. The number of benzene rings is 1. The standard InChI is InChI=1S/C29H44N4O7/c1-4-29(3)28(40)31-22(17-19-12-14-20(35)15-13-19)27(39)33-16-8-10-23(33)26(38)30-21(25(37)32-29)9-6-5-7-11-24(36)18(2)34/h12-15,18,21-24,34-36H,4-11,16-17H2,1-3H3,(H,30,38)(H,31,40)(H,32,37)/t18-,21+,22+,23-,24?,29+/m1/s1. The molecule has 0 aliphatic carbocycles. The van der Waals surface area contributed by atoms with E-state index in [-0.39, 0.29) is 24.5 Å². The van der Waals surface area contributed by atoms with E-state index in [2.05, 4.69) is 16.0 Å². The van der Waals surface area contributed by atoms with Gasteiger partial charge in [-0.2, -0.15) is 0 Å². The van der Waals surface area contributed by atoms with Gasteiger partial charge in [0.05, 0.1) is 12.2 Å². The lowest BCUT2D eigenvalue weighted by molar-refractivity contribution is -0.144. The topological polar surface area (TPSA) is 168 Å². The van der Waals surface area contributed by atoms with E-state index < -0.39 is 53.6 Å². The second-order valence-corrected chi connectivity index (χ2v) is 11.3. The number of aliphatic hydroxyl groups excluding tert-OH is 2. The first kappa shape index (κ1) is 31.3. The number of aromatic hydroxyl groups is 1. The number of rotatable bonds is 10. The normalized spacial score (nSPS) is 27.5. The van der Waals surface area contributed by atoms with E-state index in [1.165, 1.54) is 24.0 Å². The fourth-order valence-corrected chi connectivity index (χ4v) is 5.21. The quantitative estimate of drug-likeness (QED) is 0.231. The van der Waals surface area contributed by atoms with Gasteiger partial charge in [-0.3, -0.25) is 19.2 Å². The average molecular weight is 561 g/mol. The number of amides is 4. The van der Waals surface area contributed by atoms with Crippen LogP contribution >= 0.6 is 0 Å². The smallest absolute Gasteiger partial charge is 0.246 e. The molecule has 0 saturated carbocycles. The summed E-state index contributed by atoms with van der Waals surface area (Å²) in [4.78, 5) is 55.6. The van der Waals surface area contributed by atoms with Crippen LogP contribution in [0.15, 0.2) is 24.3 Å². The van der Waals surface area contributed by atoms with Crippen LogP contribution in [0.5, 0.6) is 5.75 Å². The Morgan fingerprint density at radius 1 is 1.00 bits per heavy atom. The van der Waals surface area contributed by atoms with Crippen LogP contribution in [0, 0.1) is 0 Å². The number of aliphatic hydroxyl groups is 2. The maximum Gasteiger partial charge on any atom is 0.246 e. The second kappa shape index (κ2) is 13.9. The Labute approximate surface area is 235 Å². The third-order valence-electron chi connectivity index (χ3n) is 8.11. The average Bonchev–Trinajstić information content (AvgIpc) is 3.41. The number of phenolic OH excluding ortho intramolecular Hbond substituents is 1. The molecular weight excluding hydrogens is 516 g/mol. The molecule has 6 N–H and O–H groups in total.